The van der Waals surface area contributed by atoms with E-state index >= 15 is 0 Å². The Morgan fingerprint density at radius 1 is 1.35 bits per heavy atom. The van der Waals surface area contributed by atoms with Crippen molar-refractivity contribution in [2.45, 2.75) is 0 Å². The SMILES string of the molecule is O=C(O)c1ccc(Br)cc1Oc1ccncc1[N+](=O)[O-]. The van der Waals surface area contributed by atoms with Crippen molar-refractivity contribution in [2.75, 3.05) is 0 Å². The quantitative estimate of drug-likeness (QED) is 0.678. The summed E-state index contributed by atoms with van der Waals surface area (Å²) in [6.45, 7) is 0. The van der Waals surface area contributed by atoms with Crippen LogP contribution in [0.5, 0.6) is 11.5 Å². The van der Waals surface area contributed by atoms with Gasteiger partial charge in [-0.25, -0.2) is 4.79 Å². The van der Waals surface area contributed by atoms with Gasteiger partial charge in [0.1, 0.15) is 17.5 Å². The minimum Gasteiger partial charge on any atom is -0.478 e. The average Bonchev–Trinajstić information content (AvgIpc) is 2.38. The van der Waals surface area contributed by atoms with E-state index in [9.17, 15) is 14.9 Å². The lowest BCUT2D eigenvalue weighted by molar-refractivity contribution is -0.386. The molecule has 1 aromatic heterocycles. The van der Waals surface area contributed by atoms with Gasteiger partial charge in [-0.2, -0.15) is 0 Å². The van der Waals surface area contributed by atoms with Gasteiger partial charge in [-0.15, -0.1) is 0 Å². The lowest BCUT2D eigenvalue weighted by Crippen LogP contribution is -2.01. The van der Waals surface area contributed by atoms with Crippen LogP contribution >= 0.6 is 15.9 Å². The molecule has 0 bridgehead atoms. The molecule has 1 N–H and O–H groups in total. The normalized spacial score (nSPS) is 10.1. The van der Waals surface area contributed by atoms with Crippen LogP contribution in [0, 0.1) is 10.1 Å². The maximum Gasteiger partial charge on any atom is 0.339 e. The van der Waals surface area contributed by atoms with Gasteiger partial charge in [-0.3, -0.25) is 15.1 Å². The summed E-state index contributed by atoms with van der Waals surface area (Å²) in [6.07, 6.45) is 2.36. The van der Waals surface area contributed by atoms with Gasteiger partial charge >= 0.3 is 11.7 Å². The van der Waals surface area contributed by atoms with Crippen molar-refractivity contribution in [3.63, 3.8) is 0 Å². The average molecular weight is 339 g/mol. The maximum atomic E-state index is 11.1. The molecule has 102 valence electrons. The number of nitrogens with zero attached hydrogens (tertiary/aromatic N) is 2. The number of pyridine rings is 1. The van der Waals surface area contributed by atoms with E-state index in [1.54, 1.807) is 0 Å². The van der Waals surface area contributed by atoms with Crippen molar-refractivity contribution in [1.29, 1.82) is 0 Å². The second-order valence-electron chi connectivity index (χ2n) is 3.65. The van der Waals surface area contributed by atoms with E-state index in [-0.39, 0.29) is 22.7 Å². The van der Waals surface area contributed by atoms with E-state index in [4.69, 9.17) is 9.84 Å². The van der Waals surface area contributed by atoms with Crippen molar-refractivity contribution in [3.8, 4) is 11.5 Å². The summed E-state index contributed by atoms with van der Waals surface area (Å²) in [7, 11) is 0. The summed E-state index contributed by atoms with van der Waals surface area (Å²) in [4.78, 5) is 24.9. The molecule has 0 aliphatic rings. The predicted octanol–water partition coefficient (Wildman–Crippen LogP) is 3.24. The monoisotopic (exact) mass is 338 g/mol. The van der Waals surface area contributed by atoms with E-state index in [1.807, 2.05) is 0 Å². The first-order valence-electron chi connectivity index (χ1n) is 5.28. The van der Waals surface area contributed by atoms with Crippen LogP contribution in [0.25, 0.3) is 0 Å². The van der Waals surface area contributed by atoms with Gasteiger partial charge in [-0.05, 0) is 18.2 Å². The maximum absolute atomic E-state index is 11.1. The fourth-order valence-electron chi connectivity index (χ4n) is 1.47. The van der Waals surface area contributed by atoms with Crippen LogP contribution in [0.2, 0.25) is 0 Å². The minimum atomic E-state index is -1.19. The van der Waals surface area contributed by atoms with Crippen molar-refractivity contribution in [2.24, 2.45) is 0 Å². The predicted molar refractivity (Wildman–Crippen MR) is 72.1 cm³/mol. The third-order valence-corrected chi connectivity index (χ3v) is 2.85. The van der Waals surface area contributed by atoms with Crippen LogP contribution in [0.1, 0.15) is 10.4 Å². The number of hydrogen-bond acceptors (Lipinski definition) is 5. The first-order chi connectivity index (χ1) is 9.49. The van der Waals surface area contributed by atoms with E-state index in [2.05, 4.69) is 20.9 Å². The van der Waals surface area contributed by atoms with Crippen molar-refractivity contribution in [1.82, 2.24) is 4.98 Å². The topological polar surface area (TPSA) is 103 Å². The summed E-state index contributed by atoms with van der Waals surface area (Å²) >= 11 is 3.19. The zero-order chi connectivity index (χ0) is 14.7. The van der Waals surface area contributed by atoms with Crippen LogP contribution in [0.4, 0.5) is 5.69 Å². The van der Waals surface area contributed by atoms with Gasteiger partial charge in [-0.1, -0.05) is 15.9 Å². The van der Waals surface area contributed by atoms with Crippen LogP contribution in [-0.2, 0) is 0 Å². The molecule has 0 radical (unpaired) electrons. The van der Waals surface area contributed by atoms with E-state index in [0.29, 0.717) is 4.47 Å². The number of rotatable bonds is 4. The molecule has 0 aliphatic heterocycles. The number of hydrogen-bond donors (Lipinski definition) is 1. The molecule has 0 spiro atoms. The number of halogens is 1. The van der Waals surface area contributed by atoms with Gasteiger partial charge < -0.3 is 9.84 Å². The Kier molecular flexibility index (Phi) is 3.94. The molecule has 0 aliphatic carbocycles. The molecule has 0 saturated carbocycles. The zero-order valence-electron chi connectivity index (χ0n) is 9.82. The first-order valence-corrected chi connectivity index (χ1v) is 6.07. The largest absolute Gasteiger partial charge is 0.478 e. The molecule has 8 heteroatoms. The Balaban J connectivity index is 2.47. The molecule has 1 heterocycles. The Morgan fingerprint density at radius 3 is 2.75 bits per heavy atom. The molecule has 0 atom stereocenters. The highest BCUT2D eigenvalue weighted by atomic mass is 79.9. The second kappa shape index (κ2) is 5.66. The summed E-state index contributed by atoms with van der Waals surface area (Å²) < 4.78 is 5.94. The summed E-state index contributed by atoms with van der Waals surface area (Å²) in [5, 5.41) is 19.9. The van der Waals surface area contributed by atoms with Gasteiger partial charge in [0.25, 0.3) is 0 Å². The van der Waals surface area contributed by atoms with Crippen molar-refractivity contribution < 1.29 is 19.6 Å². The highest BCUT2D eigenvalue weighted by molar-refractivity contribution is 9.10. The van der Waals surface area contributed by atoms with E-state index in [0.717, 1.165) is 6.20 Å². The third-order valence-electron chi connectivity index (χ3n) is 2.35. The molecule has 2 aromatic rings. The number of carboxylic acid groups (broad SMARTS) is 1. The highest BCUT2D eigenvalue weighted by Gasteiger charge is 2.19. The molecule has 0 amide bonds. The van der Waals surface area contributed by atoms with Crippen molar-refractivity contribution >= 4 is 27.6 Å². The number of carboxylic acids is 1. The van der Waals surface area contributed by atoms with E-state index in [1.165, 1.54) is 30.5 Å². The summed E-state index contributed by atoms with van der Waals surface area (Å²) in [6, 6.07) is 5.60. The first kappa shape index (κ1) is 13.9. The minimum absolute atomic E-state index is 0.00109. The Hall–Kier alpha value is -2.48. The Morgan fingerprint density at radius 2 is 2.10 bits per heavy atom. The van der Waals surface area contributed by atoms with Gasteiger partial charge in [0, 0.05) is 16.7 Å². The lowest BCUT2D eigenvalue weighted by atomic mass is 10.2. The smallest absolute Gasteiger partial charge is 0.339 e. The number of nitro groups is 1. The molecule has 7 nitrogen and oxygen atoms in total. The summed E-state index contributed by atoms with van der Waals surface area (Å²) in [5.41, 5.74) is -0.442. The van der Waals surface area contributed by atoms with Crippen LogP contribution < -0.4 is 4.74 Å². The molecule has 1 aromatic carbocycles. The Bertz CT molecular complexity index is 689. The molecular weight excluding hydrogens is 332 g/mol. The number of carbonyl (C=O) groups is 1. The number of benzene rings is 1. The lowest BCUT2D eigenvalue weighted by Gasteiger charge is -2.09. The molecule has 0 saturated heterocycles. The number of aromatic nitrogens is 1. The highest BCUT2D eigenvalue weighted by Crippen LogP contribution is 2.33. The van der Waals surface area contributed by atoms with Gasteiger partial charge in [0.05, 0.1) is 4.92 Å². The summed E-state index contributed by atoms with van der Waals surface area (Å²) in [5.74, 6) is -1.27. The standard InChI is InChI=1S/C12H7BrN2O5/c13-7-1-2-8(12(16)17)11(5-7)20-10-3-4-14-6-9(10)15(18)19/h1-6H,(H,16,17). The van der Waals surface area contributed by atoms with E-state index < -0.39 is 10.9 Å². The van der Waals surface area contributed by atoms with Crippen LogP contribution in [0.3, 0.4) is 0 Å². The molecule has 0 unspecified atom stereocenters. The van der Waals surface area contributed by atoms with Crippen LogP contribution in [0.15, 0.2) is 41.1 Å². The fraction of sp³-hybridized carbons (Fsp3) is 0. The Labute approximate surface area is 121 Å². The molecule has 20 heavy (non-hydrogen) atoms. The van der Waals surface area contributed by atoms with Crippen molar-refractivity contribution in [3.05, 3.63) is 56.8 Å². The second-order valence-corrected chi connectivity index (χ2v) is 4.56. The molecule has 2 rings (SSSR count). The number of aromatic carboxylic acids is 1. The zero-order valence-corrected chi connectivity index (χ0v) is 11.4. The fourth-order valence-corrected chi connectivity index (χ4v) is 1.81. The third kappa shape index (κ3) is 2.91. The van der Waals surface area contributed by atoms with Crippen LogP contribution in [-0.4, -0.2) is 21.0 Å². The number of ether oxygens (including phenoxy) is 1. The van der Waals surface area contributed by atoms with Gasteiger partial charge in [0.15, 0.2) is 0 Å². The molecule has 0 fully saturated rings. The molecular formula is C12H7BrN2O5. The van der Waals surface area contributed by atoms with Gasteiger partial charge in [0.2, 0.25) is 5.75 Å².